The molecule has 2 nitrogen and oxygen atoms in total. The number of hydrogen-bond donors (Lipinski definition) is 1. The Morgan fingerprint density at radius 2 is 2.13 bits per heavy atom. The normalized spacial score (nSPS) is 22.5. The standard InChI is InChI=1S/C12H17NOS/c13-14-8-12(5-6-12)10-7-15-11-4-2-1-3-9(10)11/h7H,1-6,8,13H2. The molecule has 3 heteroatoms. The van der Waals surface area contributed by atoms with Crippen molar-refractivity contribution in [1.82, 2.24) is 0 Å². The maximum Gasteiger partial charge on any atom is 0.0776 e. The Balaban J connectivity index is 1.95. The summed E-state index contributed by atoms with van der Waals surface area (Å²) in [5, 5.41) is 2.36. The second kappa shape index (κ2) is 3.58. The summed E-state index contributed by atoms with van der Waals surface area (Å²) in [5.41, 5.74) is 3.50. The van der Waals surface area contributed by atoms with Gasteiger partial charge in [-0.05, 0) is 55.0 Å². The van der Waals surface area contributed by atoms with Gasteiger partial charge in [-0.3, -0.25) is 0 Å². The van der Waals surface area contributed by atoms with Gasteiger partial charge in [0.25, 0.3) is 0 Å². The van der Waals surface area contributed by atoms with Crippen LogP contribution < -0.4 is 5.90 Å². The van der Waals surface area contributed by atoms with Crippen molar-refractivity contribution in [3.63, 3.8) is 0 Å². The first-order chi connectivity index (χ1) is 7.36. The van der Waals surface area contributed by atoms with Gasteiger partial charge >= 0.3 is 0 Å². The molecule has 0 atom stereocenters. The molecule has 3 rings (SSSR count). The molecule has 0 radical (unpaired) electrons. The molecule has 1 fully saturated rings. The van der Waals surface area contributed by atoms with Crippen LogP contribution in [0.3, 0.4) is 0 Å². The van der Waals surface area contributed by atoms with Crippen LogP contribution in [0.2, 0.25) is 0 Å². The lowest BCUT2D eigenvalue weighted by molar-refractivity contribution is 0.116. The van der Waals surface area contributed by atoms with Crippen molar-refractivity contribution in [2.45, 2.75) is 43.9 Å². The summed E-state index contributed by atoms with van der Waals surface area (Å²) >= 11 is 1.95. The van der Waals surface area contributed by atoms with Crippen molar-refractivity contribution in [2.24, 2.45) is 5.90 Å². The first kappa shape index (κ1) is 9.82. The van der Waals surface area contributed by atoms with Gasteiger partial charge in [0.1, 0.15) is 0 Å². The van der Waals surface area contributed by atoms with Crippen LogP contribution in [0.4, 0.5) is 0 Å². The topological polar surface area (TPSA) is 35.2 Å². The van der Waals surface area contributed by atoms with E-state index in [1.54, 1.807) is 16.0 Å². The van der Waals surface area contributed by atoms with Crippen molar-refractivity contribution in [3.05, 3.63) is 21.4 Å². The zero-order chi connectivity index (χ0) is 10.3. The first-order valence-corrected chi connectivity index (χ1v) is 6.65. The van der Waals surface area contributed by atoms with Gasteiger partial charge in [-0.1, -0.05) is 0 Å². The summed E-state index contributed by atoms with van der Waals surface area (Å²) in [7, 11) is 0. The van der Waals surface area contributed by atoms with E-state index in [0.29, 0.717) is 12.0 Å². The van der Waals surface area contributed by atoms with Gasteiger partial charge in [0.15, 0.2) is 0 Å². The molecule has 0 aromatic carbocycles. The lowest BCUT2D eigenvalue weighted by Gasteiger charge is -2.18. The highest BCUT2D eigenvalue weighted by atomic mass is 32.1. The molecular weight excluding hydrogens is 206 g/mol. The Morgan fingerprint density at radius 1 is 1.33 bits per heavy atom. The van der Waals surface area contributed by atoms with Crippen LogP contribution in [-0.2, 0) is 23.1 Å². The van der Waals surface area contributed by atoms with E-state index in [-0.39, 0.29) is 0 Å². The molecular formula is C12H17NOS. The number of nitrogens with two attached hydrogens (primary N) is 1. The van der Waals surface area contributed by atoms with Crippen LogP contribution in [0.25, 0.3) is 0 Å². The summed E-state index contributed by atoms with van der Waals surface area (Å²) in [6.45, 7) is 0.705. The summed E-state index contributed by atoms with van der Waals surface area (Å²) in [6.07, 6.45) is 7.81. The molecule has 1 aromatic heterocycles. The molecule has 0 spiro atoms. The van der Waals surface area contributed by atoms with Gasteiger partial charge < -0.3 is 4.84 Å². The minimum atomic E-state index is 0.302. The van der Waals surface area contributed by atoms with E-state index < -0.39 is 0 Å². The molecule has 0 amide bonds. The van der Waals surface area contributed by atoms with E-state index >= 15 is 0 Å². The monoisotopic (exact) mass is 223 g/mol. The third-order valence-electron chi connectivity index (χ3n) is 3.85. The molecule has 15 heavy (non-hydrogen) atoms. The van der Waals surface area contributed by atoms with E-state index in [9.17, 15) is 0 Å². The molecule has 1 heterocycles. The van der Waals surface area contributed by atoms with Gasteiger partial charge in [-0.25, -0.2) is 5.90 Å². The van der Waals surface area contributed by atoms with E-state index in [4.69, 9.17) is 10.7 Å². The van der Waals surface area contributed by atoms with Crippen molar-refractivity contribution in [1.29, 1.82) is 0 Å². The van der Waals surface area contributed by atoms with Crippen molar-refractivity contribution < 1.29 is 4.84 Å². The fourth-order valence-corrected chi connectivity index (χ4v) is 4.01. The maximum atomic E-state index is 5.24. The highest BCUT2D eigenvalue weighted by Crippen LogP contribution is 2.52. The average molecular weight is 223 g/mol. The van der Waals surface area contributed by atoms with E-state index in [0.717, 1.165) is 0 Å². The second-order valence-corrected chi connectivity index (χ2v) is 5.81. The van der Waals surface area contributed by atoms with Crippen molar-refractivity contribution in [3.8, 4) is 0 Å². The molecule has 2 N–H and O–H groups in total. The summed E-state index contributed by atoms with van der Waals surface area (Å²) in [4.78, 5) is 6.51. The zero-order valence-electron chi connectivity index (χ0n) is 8.92. The number of hydrogen-bond acceptors (Lipinski definition) is 3. The third-order valence-corrected chi connectivity index (χ3v) is 4.93. The van der Waals surface area contributed by atoms with Crippen LogP contribution in [0, 0.1) is 0 Å². The van der Waals surface area contributed by atoms with Gasteiger partial charge in [0, 0.05) is 10.3 Å². The highest BCUT2D eigenvalue weighted by Gasteiger charge is 2.46. The average Bonchev–Trinajstić information content (AvgIpc) is 2.91. The number of fused-ring (bicyclic) bond motifs is 1. The molecule has 2 aliphatic rings. The summed E-state index contributed by atoms with van der Waals surface area (Å²) in [5.74, 6) is 5.24. The molecule has 2 aliphatic carbocycles. The quantitative estimate of drug-likeness (QED) is 0.799. The van der Waals surface area contributed by atoms with Crippen molar-refractivity contribution >= 4 is 11.3 Å². The van der Waals surface area contributed by atoms with Gasteiger partial charge in [0.2, 0.25) is 0 Å². The van der Waals surface area contributed by atoms with Gasteiger partial charge in [-0.2, -0.15) is 0 Å². The van der Waals surface area contributed by atoms with Crippen LogP contribution >= 0.6 is 11.3 Å². The highest BCUT2D eigenvalue weighted by molar-refractivity contribution is 7.10. The fourth-order valence-electron chi connectivity index (χ4n) is 2.74. The minimum Gasteiger partial charge on any atom is -0.304 e. The predicted molar refractivity (Wildman–Crippen MR) is 62.0 cm³/mol. The Morgan fingerprint density at radius 3 is 2.87 bits per heavy atom. The van der Waals surface area contributed by atoms with Crippen molar-refractivity contribution in [2.75, 3.05) is 6.61 Å². The van der Waals surface area contributed by atoms with Crippen LogP contribution in [-0.4, -0.2) is 6.61 Å². The fraction of sp³-hybridized carbons (Fsp3) is 0.667. The smallest absolute Gasteiger partial charge is 0.0776 e. The molecule has 1 saturated carbocycles. The Labute approximate surface area is 94.4 Å². The van der Waals surface area contributed by atoms with Crippen LogP contribution in [0.15, 0.2) is 5.38 Å². The Bertz CT molecular complexity index is 368. The molecule has 0 saturated heterocycles. The maximum absolute atomic E-state index is 5.24. The Kier molecular flexibility index (Phi) is 2.34. The minimum absolute atomic E-state index is 0.302. The molecule has 0 aliphatic heterocycles. The third kappa shape index (κ3) is 1.53. The SMILES string of the molecule is NOCC1(c2csc3c2CCCC3)CC1. The largest absolute Gasteiger partial charge is 0.304 e. The number of thiophene rings is 1. The lowest BCUT2D eigenvalue weighted by Crippen LogP contribution is -2.19. The molecule has 0 unspecified atom stereocenters. The van der Waals surface area contributed by atoms with E-state index in [2.05, 4.69) is 5.38 Å². The number of rotatable bonds is 3. The van der Waals surface area contributed by atoms with Crippen LogP contribution in [0.1, 0.15) is 41.7 Å². The lowest BCUT2D eigenvalue weighted by atomic mass is 9.88. The summed E-state index contributed by atoms with van der Waals surface area (Å²) in [6, 6.07) is 0. The predicted octanol–water partition coefficient (Wildman–Crippen LogP) is 2.55. The van der Waals surface area contributed by atoms with Crippen LogP contribution in [0.5, 0.6) is 0 Å². The summed E-state index contributed by atoms with van der Waals surface area (Å²) < 4.78 is 0. The van der Waals surface area contributed by atoms with Gasteiger partial charge in [0.05, 0.1) is 6.61 Å². The second-order valence-electron chi connectivity index (χ2n) is 4.85. The molecule has 82 valence electrons. The zero-order valence-corrected chi connectivity index (χ0v) is 9.74. The molecule has 1 aromatic rings. The van der Waals surface area contributed by atoms with Gasteiger partial charge in [-0.15, -0.1) is 11.3 Å². The first-order valence-electron chi connectivity index (χ1n) is 5.77. The van der Waals surface area contributed by atoms with E-state index in [1.807, 2.05) is 11.3 Å². The Hall–Kier alpha value is -0.380. The molecule has 0 bridgehead atoms. The number of aryl methyl sites for hydroxylation is 1. The van der Waals surface area contributed by atoms with E-state index in [1.165, 1.54) is 38.5 Å².